The predicted molar refractivity (Wildman–Crippen MR) is 142 cm³/mol. The van der Waals surface area contributed by atoms with Crippen molar-refractivity contribution in [1.29, 1.82) is 0 Å². The summed E-state index contributed by atoms with van der Waals surface area (Å²) in [5, 5.41) is 3.27. The molecule has 0 unspecified atom stereocenters. The standard InChI is InChI=1S/C26H25BrFN5O5/c1-15(34)29-12-18-14-33(26(37)38-18)17-3-5-23(21(28)11-17)31-6-8-32(9-7-31)25(36)24(35)20-13-30-22-4-2-16(27)10-19(20)22/h2-5,10-11,13,18,30H,6-9,12,14H2,1H3,(H,29,34)/t18-/m0/s1. The van der Waals surface area contributed by atoms with Crippen LogP contribution in [0, 0.1) is 5.82 Å². The van der Waals surface area contributed by atoms with Gasteiger partial charge in [0.05, 0.1) is 30.0 Å². The Morgan fingerprint density at radius 2 is 1.89 bits per heavy atom. The monoisotopic (exact) mass is 585 g/mol. The molecule has 2 saturated heterocycles. The highest BCUT2D eigenvalue weighted by Crippen LogP contribution is 2.29. The number of anilines is 2. The van der Waals surface area contributed by atoms with Gasteiger partial charge < -0.3 is 24.8 Å². The van der Waals surface area contributed by atoms with Gasteiger partial charge in [-0.05, 0) is 36.4 Å². The summed E-state index contributed by atoms with van der Waals surface area (Å²) in [6, 6.07) is 9.97. The number of H-pyrrole nitrogens is 1. The Morgan fingerprint density at radius 3 is 2.61 bits per heavy atom. The Morgan fingerprint density at radius 1 is 1.13 bits per heavy atom. The van der Waals surface area contributed by atoms with Gasteiger partial charge >= 0.3 is 6.09 Å². The lowest BCUT2D eigenvalue weighted by atomic mass is 10.1. The quantitative estimate of drug-likeness (QED) is 0.339. The minimum Gasteiger partial charge on any atom is -0.442 e. The second-order valence-electron chi connectivity index (χ2n) is 9.19. The number of fused-ring (bicyclic) bond motifs is 1. The SMILES string of the molecule is CC(=O)NC[C@H]1CN(c2ccc(N3CCN(C(=O)C(=O)c4c[nH]c5ccc(Br)cc45)CC3)c(F)c2)C(=O)O1. The molecule has 38 heavy (non-hydrogen) atoms. The van der Waals surface area contributed by atoms with E-state index in [1.165, 1.54) is 22.8 Å². The maximum Gasteiger partial charge on any atom is 0.414 e. The van der Waals surface area contributed by atoms with Gasteiger partial charge in [0.1, 0.15) is 11.9 Å². The number of benzene rings is 2. The van der Waals surface area contributed by atoms with Gasteiger partial charge in [-0.3, -0.25) is 19.3 Å². The normalized spacial score (nSPS) is 17.6. The first-order valence-corrected chi connectivity index (χ1v) is 12.9. The highest BCUT2D eigenvalue weighted by molar-refractivity contribution is 9.10. The summed E-state index contributed by atoms with van der Waals surface area (Å²) in [4.78, 5) is 56.9. The van der Waals surface area contributed by atoms with Crippen molar-refractivity contribution in [2.24, 2.45) is 0 Å². The van der Waals surface area contributed by atoms with E-state index in [9.17, 15) is 19.2 Å². The topological polar surface area (TPSA) is 115 Å². The van der Waals surface area contributed by atoms with Crippen molar-refractivity contribution in [3.63, 3.8) is 0 Å². The number of rotatable bonds is 6. The van der Waals surface area contributed by atoms with E-state index in [1.807, 2.05) is 12.1 Å². The molecular weight excluding hydrogens is 561 g/mol. The molecule has 5 rings (SSSR count). The number of ether oxygens (including phenoxy) is 1. The van der Waals surface area contributed by atoms with E-state index in [4.69, 9.17) is 4.74 Å². The van der Waals surface area contributed by atoms with Crippen molar-refractivity contribution in [2.45, 2.75) is 13.0 Å². The van der Waals surface area contributed by atoms with Gasteiger partial charge in [-0.15, -0.1) is 0 Å². The van der Waals surface area contributed by atoms with Crippen LogP contribution in [0.1, 0.15) is 17.3 Å². The van der Waals surface area contributed by atoms with E-state index in [0.29, 0.717) is 35.4 Å². The van der Waals surface area contributed by atoms with Crippen LogP contribution in [0.2, 0.25) is 0 Å². The number of hydrogen-bond donors (Lipinski definition) is 2. The molecule has 2 fully saturated rings. The minimum absolute atomic E-state index is 0.182. The Balaban J connectivity index is 1.21. The first kappa shape index (κ1) is 25.7. The summed E-state index contributed by atoms with van der Waals surface area (Å²) < 4.78 is 21.1. The number of hydrogen-bond acceptors (Lipinski definition) is 6. The molecule has 1 atom stereocenters. The van der Waals surface area contributed by atoms with Crippen molar-refractivity contribution < 1.29 is 28.3 Å². The average molecular weight is 586 g/mol. The number of cyclic esters (lactones) is 1. The van der Waals surface area contributed by atoms with E-state index in [-0.39, 0.29) is 32.1 Å². The lowest BCUT2D eigenvalue weighted by Crippen LogP contribution is -2.50. The van der Waals surface area contributed by atoms with Crippen LogP contribution >= 0.6 is 15.9 Å². The zero-order chi connectivity index (χ0) is 27.0. The number of ketones is 1. The Labute approximate surface area is 225 Å². The highest BCUT2D eigenvalue weighted by atomic mass is 79.9. The molecule has 198 valence electrons. The molecule has 3 heterocycles. The third kappa shape index (κ3) is 5.08. The van der Waals surface area contributed by atoms with Crippen LogP contribution in [0.25, 0.3) is 10.9 Å². The van der Waals surface area contributed by atoms with Crippen LogP contribution in [0.4, 0.5) is 20.6 Å². The number of piperazine rings is 1. The summed E-state index contributed by atoms with van der Waals surface area (Å²) in [6.07, 6.45) is 0.419. The molecule has 3 aromatic rings. The first-order chi connectivity index (χ1) is 18.2. The molecule has 0 saturated carbocycles. The minimum atomic E-state index is -0.605. The van der Waals surface area contributed by atoms with E-state index in [0.717, 1.165) is 9.99 Å². The van der Waals surface area contributed by atoms with Crippen molar-refractivity contribution in [3.8, 4) is 0 Å². The second-order valence-corrected chi connectivity index (χ2v) is 10.1. The zero-order valence-corrected chi connectivity index (χ0v) is 22.1. The van der Waals surface area contributed by atoms with Gasteiger partial charge in [0, 0.05) is 54.7 Å². The molecule has 2 aliphatic rings. The number of carbonyl (C=O) groups is 4. The fourth-order valence-corrected chi connectivity index (χ4v) is 5.07. The Hall–Kier alpha value is -3.93. The number of halogens is 2. The summed E-state index contributed by atoms with van der Waals surface area (Å²) in [5.41, 5.74) is 1.77. The third-order valence-electron chi connectivity index (χ3n) is 6.69. The van der Waals surface area contributed by atoms with E-state index in [2.05, 4.69) is 26.2 Å². The molecule has 10 nitrogen and oxygen atoms in total. The number of amides is 3. The summed E-state index contributed by atoms with van der Waals surface area (Å²) in [7, 11) is 0. The van der Waals surface area contributed by atoms with Gasteiger partial charge in [-0.1, -0.05) is 15.9 Å². The molecule has 0 spiro atoms. The van der Waals surface area contributed by atoms with Crippen molar-refractivity contribution >= 4 is 61.9 Å². The molecule has 1 aromatic heterocycles. The summed E-state index contributed by atoms with van der Waals surface area (Å²) in [6.45, 7) is 2.97. The van der Waals surface area contributed by atoms with Crippen LogP contribution in [-0.4, -0.2) is 78.9 Å². The van der Waals surface area contributed by atoms with Crippen molar-refractivity contribution in [2.75, 3.05) is 49.1 Å². The average Bonchev–Trinajstić information content (AvgIpc) is 3.49. The number of aromatic amines is 1. The van der Waals surface area contributed by atoms with Crippen molar-refractivity contribution in [3.05, 3.63) is 58.4 Å². The fraction of sp³-hybridized carbons (Fsp3) is 0.308. The number of Topliss-reactive ketones (excluding diaryl/α,β-unsaturated/α-hetero) is 1. The predicted octanol–water partition coefficient (Wildman–Crippen LogP) is 3.06. The molecular formula is C26H25BrFN5O5. The van der Waals surface area contributed by atoms with Crippen LogP contribution < -0.4 is 15.1 Å². The molecule has 0 aliphatic carbocycles. The van der Waals surface area contributed by atoms with Crippen LogP contribution in [-0.2, 0) is 14.3 Å². The number of aromatic nitrogens is 1. The van der Waals surface area contributed by atoms with Crippen LogP contribution in [0.15, 0.2) is 47.1 Å². The Bertz CT molecular complexity index is 1430. The highest BCUT2D eigenvalue weighted by Gasteiger charge is 2.33. The van der Waals surface area contributed by atoms with Gasteiger partial charge in [0.15, 0.2) is 0 Å². The second kappa shape index (κ2) is 10.4. The molecule has 2 aromatic carbocycles. The summed E-state index contributed by atoms with van der Waals surface area (Å²) >= 11 is 3.39. The molecule has 2 N–H and O–H groups in total. The molecule has 3 amide bonds. The van der Waals surface area contributed by atoms with Crippen LogP contribution in [0.3, 0.4) is 0 Å². The van der Waals surface area contributed by atoms with E-state index in [1.54, 1.807) is 29.3 Å². The largest absolute Gasteiger partial charge is 0.442 e. The molecule has 0 radical (unpaired) electrons. The summed E-state index contributed by atoms with van der Waals surface area (Å²) in [5.74, 6) is -1.93. The van der Waals surface area contributed by atoms with Gasteiger partial charge in [0.25, 0.3) is 11.7 Å². The molecule has 12 heteroatoms. The lowest BCUT2D eigenvalue weighted by molar-refractivity contribution is -0.126. The Kier molecular flexibility index (Phi) is 7.06. The number of carbonyl (C=O) groups excluding carboxylic acids is 4. The third-order valence-corrected chi connectivity index (χ3v) is 7.18. The fourth-order valence-electron chi connectivity index (χ4n) is 4.71. The first-order valence-electron chi connectivity index (χ1n) is 12.1. The maximum atomic E-state index is 15.1. The van der Waals surface area contributed by atoms with Crippen molar-refractivity contribution in [1.82, 2.24) is 15.2 Å². The number of nitrogens with zero attached hydrogens (tertiary/aromatic N) is 3. The lowest BCUT2D eigenvalue weighted by Gasteiger charge is -2.36. The van der Waals surface area contributed by atoms with E-state index < -0.39 is 29.7 Å². The maximum absolute atomic E-state index is 15.1. The number of nitrogens with one attached hydrogen (secondary N) is 2. The van der Waals surface area contributed by atoms with Crippen LogP contribution in [0.5, 0.6) is 0 Å². The van der Waals surface area contributed by atoms with Gasteiger partial charge in [-0.25, -0.2) is 9.18 Å². The van der Waals surface area contributed by atoms with E-state index >= 15 is 4.39 Å². The van der Waals surface area contributed by atoms with Gasteiger partial charge in [0.2, 0.25) is 5.91 Å². The zero-order valence-electron chi connectivity index (χ0n) is 20.5. The van der Waals surface area contributed by atoms with Gasteiger partial charge in [-0.2, -0.15) is 0 Å². The molecule has 2 aliphatic heterocycles. The smallest absolute Gasteiger partial charge is 0.414 e. The molecule has 0 bridgehead atoms.